The number of nitrogens with zero attached hydrogens (tertiary/aromatic N) is 1. The average Bonchev–Trinajstić information content (AvgIpc) is 2.91. The molecule has 40 heavy (non-hydrogen) atoms. The molecule has 2 aromatic rings. The van der Waals surface area contributed by atoms with Crippen molar-refractivity contribution in [3.63, 3.8) is 0 Å². The minimum absolute atomic E-state index is 0.00773. The van der Waals surface area contributed by atoms with E-state index in [2.05, 4.69) is 0 Å². The molecule has 2 aromatic carbocycles. The maximum Gasteiger partial charge on any atom is 0.471 e. The van der Waals surface area contributed by atoms with Crippen LogP contribution in [-0.2, 0) is 15.2 Å². The number of aliphatic hydroxyl groups is 2. The number of hydrogen-bond acceptors (Lipinski definition) is 5. The Morgan fingerprint density at radius 1 is 1.18 bits per heavy atom. The predicted molar refractivity (Wildman–Crippen MR) is 138 cm³/mol. The van der Waals surface area contributed by atoms with Gasteiger partial charge < -0.3 is 26.2 Å². The lowest BCUT2D eigenvalue weighted by atomic mass is 9.72. The SMILES string of the molecule is Cc1ccc(F)c(-c2c(F)cccc2C(O)(CCCNC(=O)C(F)(F)F)C2CCCN(C(=O)CC(O)CN)C2)c1. The number of amides is 2. The summed E-state index contributed by atoms with van der Waals surface area (Å²) in [4.78, 5) is 25.5. The van der Waals surface area contributed by atoms with E-state index in [1.807, 2.05) is 0 Å². The van der Waals surface area contributed by atoms with Gasteiger partial charge in [0.2, 0.25) is 5.91 Å². The Bertz CT molecular complexity index is 1210. The summed E-state index contributed by atoms with van der Waals surface area (Å²) >= 11 is 0. The molecule has 1 aliphatic rings. The van der Waals surface area contributed by atoms with Crippen LogP contribution in [0.15, 0.2) is 36.4 Å². The largest absolute Gasteiger partial charge is 0.471 e. The minimum atomic E-state index is -5.08. The number of halogens is 5. The summed E-state index contributed by atoms with van der Waals surface area (Å²) in [7, 11) is 0. The van der Waals surface area contributed by atoms with Crippen LogP contribution in [0.25, 0.3) is 11.1 Å². The summed E-state index contributed by atoms with van der Waals surface area (Å²) in [5, 5.41) is 23.9. The first kappa shape index (κ1) is 31.4. The summed E-state index contributed by atoms with van der Waals surface area (Å²) in [5.74, 6) is -4.77. The van der Waals surface area contributed by atoms with Gasteiger partial charge in [-0.1, -0.05) is 23.8 Å². The van der Waals surface area contributed by atoms with Gasteiger partial charge in [-0.2, -0.15) is 13.2 Å². The van der Waals surface area contributed by atoms with Gasteiger partial charge in [0.05, 0.1) is 18.1 Å². The van der Waals surface area contributed by atoms with E-state index in [0.29, 0.717) is 24.9 Å². The number of carbonyl (C=O) groups excluding carboxylic acids is 2. The number of benzene rings is 2. The van der Waals surface area contributed by atoms with E-state index in [0.717, 1.165) is 6.07 Å². The molecule has 1 fully saturated rings. The van der Waals surface area contributed by atoms with Crippen molar-refractivity contribution in [3.05, 3.63) is 59.2 Å². The molecule has 0 radical (unpaired) electrons. The molecule has 1 heterocycles. The molecule has 7 nitrogen and oxygen atoms in total. The first-order chi connectivity index (χ1) is 18.8. The fourth-order valence-corrected chi connectivity index (χ4v) is 5.22. The van der Waals surface area contributed by atoms with E-state index in [4.69, 9.17) is 5.73 Å². The molecule has 3 atom stereocenters. The van der Waals surface area contributed by atoms with Crippen molar-refractivity contribution in [1.29, 1.82) is 0 Å². The summed E-state index contributed by atoms with van der Waals surface area (Å²) in [6.45, 7) is 1.49. The van der Waals surface area contributed by atoms with Crippen LogP contribution < -0.4 is 11.1 Å². The predicted octanol–water partition coefficient (Wildman–Crippen LogP) is 3.53. The zero-order valence-electron chi connectivity index (χ0n) is 22.1. The highest BCUT2D eigenvalue weighted by molar-refractivity contribution is 5.81. The fraction of sp³-hybridized carbons (Fsp3) is 0.500. The standard InChI is InChI=1S/C28H34F5N3O4/c1-17-8-9-22(29)20(13-17)25-21(6-2-7-23(25)30)27(40,10-4-11-35-26(39)28(31,32)33)18-5-3-12-36(16-18)24(38)14-19(37)15-34/h2,6-9,13,18-19,37,40H,3-5,10-12,14-16,34H2,1H3,(H,35,39). The summed E-state index contributed by atoms with van der Waals surface area (Å²) in [6.07, 6.45) is -5.87. The Morgan fingerprint density at radius 2 is 1.90 bits per heavy atom. The number of nitrogens with two attached hydrogens (primary N) is 1. The lowest BCUT2D eigenvalue weighted by Gasteiger charge is -2.44. The summed E-state index contributed by atoms with van der Waals surface area (Å²) in [5.41, 5.74) is 3.89. The van der Waals surface area contributed by atoms with Gasteiger partial charge in [-0.05, 0) is 56.4 Å². The van der Waals surface area contributed by atoms with E-state index < -0.39 is 53.8 Å². The second-order valence-corrected chi connectivity index (χ2v) is 10.2. The van der Waals surface area contributed by atoms with E-state index in [9.17, 15) is 37.4 Å². The number of carbonyl (C=O) groups is 2. The number of aliphatic hydroxyl groups excluding tert-OH is 1. The molecule has 1 saturated heterocycles. The third kappa shape index (κ3) is 7.35. The van der Waals surface area contributed by atoms with Crippen molar-refractivity contribution in [2.24, 2.45) is 11.7 Å². The van der Waals surface area contributed by atoms with Gasteiger partial charge in [0.1, 0.15) is 11.6 Å². The van der Waals surface area contributed by atoms with Gasteiger partial charge in [0.25, 0.3) is 0 Å². The molecule has 220 valence electrons. The molecule has 3 rings (SSSR count). The van der Waals surface area contributed by atoms with E-state index in [1.165, 1.54) is 35.2 Å². The number of nitrogens with one attached hydrogen (secondary N) is 1. The first-order valence-corrected chi connectivity index (χ1v) is 13.1. The van der Waals surface area contributed by atoms with Crippen LogP contribution >= 0.6 is 0 Å². The number of alkyl halides is 3. The zero-order valence-corrected chi connectivity index (χ0v) is 22.1. The van der Waals surface area contributed by atoms with Crippen LogP contribution in [0.1, 0.15) is 43.2 Å². The fourth-order valence-electron chi connectivity index (χ4n) is 5.22. The van der Waals surface area contributed by atoms with Gasteiger partial charge >= 0.3 is 12.1 Å². The van der Waals surface area contributed by atoms with Crippen molar-refractivity contribution in [1.82, 2.24) is 10.2 Å². The van der Waals surface area contributed by atoms with Crippen LogP contribution in [0.2, 0.25) is 0 Å². The molecule has 2 amide bonds. The van der Waals surface area contributed by atoms with Gasteiger partial charge in [0, 0.05) is 43.2 Å². The van der Waals surface area contributed by atoms with Gasteiger partial charge in [-0.25, -0.2) is 8.78 Å². The second kappa shape index (κ2) is 13.0. The topological polar surface area (TPSA) is 116 Å². The first-order valence-electron chi connectivity index (χ1n) is 13.1. The van der Waals surface area contributed by atoms with Crippen molar-refractivity contribution >= 4 is 11.8 Å². The molecular formula is C28H34F5N3O4. The second-order valence-electron chi connectivity index (χ2n) is 10.2. The lowest BCUT2D eigenvalue weighted by molar-refractivity contribution is -0.173. The van der Waals surface area contributed by atoms with E-state index in [1.54, 1.807) is 12.2 Å². The van der Waals surface area contributed by atoms with Gasteiger partial charge in [-0.15, -0.1) is 0 Å². The molecule has 5 N–H and O–H groups in total. The highest BCUT2D eigenvalue weighted by Crippen LogP contribution is 2.45. The van der Waals surface area contributed by atoms with Crippen molar-refractivity contribution in [2.75, 3.05) is 26.2 Å². The molecule has 1 aliphatic heterocycles. The Kier molecular flexibility index (Phi) is 10.3. The van der Waals surface area contributed by atoms with Crippen molar-refractivity contribution < 1.29 is 41.8 Å². The molecule has 3 unspecified atom stereocenters. The van der Waals surface area contributed by atoms with Gasteiger partial charge in [-0.3, -0.25) is 9.59 Å². The quantitative estimate of drug-likeness (QED) is 0.257. The molecular weight excluding hydrogens is 537 g/mol. The molecule has 0 aromatic heterocycles. The van der Waals surface area contributed by atoms with Crippen LogP contribution in [0, 0.1) is 24.5 Å². The highest BCUT2D eigenvalue weighted by atomic mass is 19.4. The molecule has 0 aliphatic carbocycles. The number of likely N-dealkylation sites (tertiary alicyclic amines) is 1. The Morgan fingerprint density at radius 3 is 2.58 bits per heavy atom. The maximum atomic E-state index is 15.4. The monoisotopic (exact) mass is 571 g/mol. The third-order valence-electron chi connectivity index (χ3n) is 7.28. The van der Waals surface area contributed by atoms with Crippen LogP contribution in [0.3, 0.4) is 0 Å². The van der Waals surface area contributed by atoms with E-state index >= 15 is 4.39 Å². The van der Waals surface area contributed by atoms with Crippen molar-refractivity contribution in [2.45, 2.75) is 56.9 Å². The van der Waals surface area contributed by atoms with Gasteiger partial charge in [0.15, 0.2) is 0 Å². The Hall–Kier alpha value is -3.09. The highest BCUT2D eigenvalue weighted by Gasteiger charge is 2.44. The number of piperidine rings is 1. The number of rotatable bonds is 10. The zero-order chi connectivity index (χ0) is 29.7. The summed E-state index contributed by atoms with van der Waals surface area (Å²) < 4.78 is 68.3. The van der Waals surface area contributed by atoms with E-state index in [-0.39, 0.29) is 49.0 Å². The Labute approximate surface area is 229 Å². The van der Waals surface area contributed by atoms with Crippen molar-refractivity contribution in [3.8, 4) is 11.1 Å². The van der Waals surface area contributed by atoms with Crippen LogP contribution in [0.5, 0.6) is 0 Å². The minimum Gasteiger partial charge on any atom is -0.391 e. The Balaban J connectivity index is 2.02. The summed E-state index contributed by atoms with van der Waals surface area (Å²) in [6, 6.07) is 8.03. The van der Waals surface area contributed by atoms with Crippen LogP contribution in [-0.4, -0.2) is 65.4 Å². The number of aryl methyl sites for hydroxylation is 1. The molecule has 0 saturated carbocycles. The molecule has 12 heteroatoms. The lowest BCUT2D eigenvalue weighted by Crippen LogP contribution is -2.49. The molecule has 0 spiro atoms. The normalized spacial score (nSPS) is 18.2. The third-order valence-corrected chi connectivity index (χ3v) is 7.28. The van der Waals surface area contributed by atoms with Crippen LogP contribution in [0.4, 0.5) is 22.0 Å². The maximum absolute atomic E-state index is 15.4. The number of hydrogen-bond donors (Lipinski definition) is 4. The smallest absolute Gasteiger partial charge is 0.391 e. The molecule has 0 bridgehead atoms. The average molecular weight is 572 g/mol.